The second-order valence-electron chi connectivity index (χ2n) is 13.9. The van der Waals surface area contributed by atoms with Crippen LogP contribution >= 0.6 is 31.9 Å². The Morgan fingerprint density at radius 1 is 0.415 bits per heavy atom. The van der Waals surface area contributed by atoms with Gasteiger partial charge in [-0.05, 0) is 64.9 Å². The maximum atomic E-state index is 5.22. The Morgan fingerprint density at radius 3 is 1.34 bits per heavy atom. The lowest BCUT2D eigenvalue weighted by Crippen LogP contribution is -2.59. The average Bonchev–Trinajstić information content (AvgIpc) is 3.71. The number of fused-ring (bicyclic) bond motifs is 10. The zero-order chi connectivity index (χ0) is 34.9. The molecule has 5 heterocycles. The van der Waals surface area contributed by atoms with Gasteiger partial charge in [0.1, 0.15) is 0 Å². The molecule has 0 saturated heterocycles. The molecule has 7 aromatic carbocycles. The summed E-state index contributed by atoms with van der Waals surface area (Å²) in [7, 11) is 0. The van der Waals surface area contributed by atoms with Crippen molar-refractivity contribution in [2.24, 2.45) is 0 Å². The maximum absolute atomic E-state index is 5.22. The first-order valence-corrected chi connectivity index (χ1v) is 19.2. The molecule has 5 nitrogen and oxygen atoms in total. The summed E-state index contributed by atoms with van der Waals surface area (Å²) in [5.41, 5.74) is 13.9. The van der Waals surface area contributed by atoms with Gasteiger partial charge in [-0.15, -0.1) is 0 Å². The zero-order valence-electron chi connectivity index (χ0n) is 27.9. The van der Waals surface area contributed by atoms with Crippen LogP contribution in [0.3, 0.4) is 0 Å². The lowest BCUT2D eigenvalue weighted by Gasteiger charge is -2.34. The molecule has 0 N–H and O–H groups in total. The summed E-state index contributed by atoms with van der Waals surface area (Å²) in [4.78, 5) is 15.4. The molecule has 246 valence electrons. The van der Waals surface area contributed by atoms with Crippen LogP contribution in [-0.4, -0.2) is 30.8 Å². The van der Waals surface area contributed by atoms with E-state index in [0.29, 0.717) is 17.5 Å². The highest BCUT2D eigenvalue weighted by atomic mass is 79.9. The molecule has 10 aromatic rings. The first-order chi connectivity index (χ1) is 26.1. The lowest BCUT2D eigenvalue weighted by atomic mass is 9.34. The molecule has 0 fully saturated rings. The Bertz CT molecular complexity index is 3000. The summed E-state index contributed by atoms with van der Waals surface area (Å²) in [6, 6.07) is 51.9. The Labute approximate surface area is 320 Å². The number of hydrogen-bond donors (Lipinski definition) is 0. The topological polar surface area (TPSA) is 48.5 Å². The minimum Gasteiger partial charge on any atom is -0.310 e. The third-order valence-electron chi connectivity index (χ3n) is 11.0. The van der Waals surface area contributed by atoms with Gasteiger partial charge in [-0.2, -0.15) is 0 Å². The highest BCUT2D eigenvalue weighted by Crippen LogP contribution is 2.41. The quantitative estimate of drug-likeness (QED) is 0.167. The molecule has 0 aliphatic carbocycles. The highest BCUT2D eigenvalue weighted by molar-refractivity contribution is 9.10. The predicted octanol–water partition coefficient (Wildman–Crippen LogP) is 9.73. The summed E-state index contributed by atoms with van der Waals surface area (Å²) in [5, 5.41) is 4.94. The predicted molar refractivity (Wildman–Crippen MR) is 225 cm³/mol. The number of para-hydroxylation sites is 2. The molecule has 0 amide bonds. The highest BCUT2D eigenvalue weighted by Gasteiger charge is 2.41. The van der Waals surface area contributed by atoms with E-state index in [1.54, 1.807) is 0 Å². The third-order valence-corrected chi connectivity index (χ3v) is 12.0. The number of nitrogens with zero attached hydrogens (tertiary/aromatic N) is 5. The van der Waals surface area contributed by atoms with Gasteiger partial charge in [-0.3, -0.25) is 0 Å². The van der Waals surface area contributed by atoms with Crippen LogP contribution < -0.4 is 16.4 Å². The van der Waals surface area contributed by atoms with E-state index in [-0.39, 0.29) is 6.71 Å². The Hall–Kier alpha value is -5.83. The van der Waals surface area contributed by atoms with Gasteiger partial charge >= 0.3 is 0 Å². The molecule has 0 atom stereocenters. The molecule has 12 rings (SSSR count). The van der Waals surface area contributed by atoms with E-state index in [1.807, 2.05) is 36.4 Å². The van der Waals surface area contributed by atoms with Crippen molar-refractivity contribution >= 4 is 98.6 Å². The molecule has 0 unspecified atom stereocenters. The molecule has 0 saturated carbocycles. The van der Waals surface area contributed by atoms with Crippen LogP contribution in [0.4, 0.5) is 0 Å². The van der Waals surface area contributed by atoms with Gasteiger partial charge in [0, 0.05) is 69.6 Å². The minimum absolute atomic E-state index is 0.0417. The summed E-state index contributed by atoms with van der Waals surface area (Å²) in [6.45, 7) is 0.0417. The number of rotatable bonds is 3. The van der Waals surface area contributed by atoms with E-state index >= 15 is 0 Å². The van der Waals surface area contributed by atoms with E-state index in [0.717, 1.165) is 37.0 Å². The van der Waals surface area contributed by atoms with Gasteiger partial charge in [-0.1, -0.05) is 129 Å². The van der Waals surface area contributed by atoms with Gasteiger partial charge in [0.25, 0.3) is 6.71 Å². The Morgan fingerprint density at radius 2 is 0.868 bits per heavy atom. The summed E-state index contributed by atoms with van der Waals surface area (Å²) >= 11 is 7.56. The van der Waals surface area contributed by atoms with E-state index < -0.39 is 0 Å². The summed E-state index contributed by atoms with van der Waals surface area (Å²) in [6.07, 6.45) is 0. The Balaban J connectivity index is 1.25. The van der Waals surface area contributed by atoms with Crippen LogP contribution in [0.5, 0.6) is 0 Å². The standard InChI is InChI=1S/C45H24BBr2N5/c47-28-17-19-36-32(23-28)30-13-7-15-34-41(30)52(36)38-21-27(45-50-43(25-9-3-1-4-10-25)49-44(51-45)26-11-5-2-6-12-26)22-39-40(38)46(34)35-16-8-14-31-33-24-29(48)18-20-37(33)53(39)42(31)35/h1-24H. The van der Waals surface area contributed by atoms with E-state index in [9.17, 15) is 0 Å². The molecular weight excluding hydrogens is 781 g/mol. The summed E-state index contributed by atoms with van der Waals surface area (Å²) in [5.74, 6) is 1.93. The second kappa shape index (κ2) is 10.9. The van der Waals surface area contributed by atoms with Gasteiger partial charge in [0.15, 0.2) is 17.5 Å². The van der Waals surface area contributed by atoms with Crippen LogP contribution in [0.15, 0.2) is 155 Å². The molecule has 0 spiro atoms. The van der Waals surface area contributed by atoms with Crippen molar-refractivity contribution in [3.05, 3.63) is 155 Å². The normalized spacial score (nSPS) is 12.7. The smallest absolute Gasteiger partial charge is 0.252 e. The van der Waals surface area contributed by atoms with Gasteiger partial charge in [-0.25, -0.2) is 15.0 Å². The molecule has 3 aromatic heterocycles. The number of benzene rings is 7. The van der Waals surface area contributed by atoms with E-state index in [1.165, 1.54) is 60.0 Å². The lowest BCUT2D eigenvalue weighted by molar-refractivity contribution is 1.07. The SMILES string of the molecule is Brc1ccc2c(c1)c1cccc3c1n2-c1cc(-c2nc(-c4ccccc4)nc(-c4ccccc4)n2)cc2c1B3c1cccc3c4cc(Br)ccc4n-2c13. The molecule has 2 aliphatic rings. The molecule has 8 heteroatoms. The largest absolute Gasteiger partial charge is 0.310 e. The van der Waals surface area contributed by atoms with Gasteiger partial charge < -0.3 is 9.13 Å². The molecule has 0 radical (unpaired) electrons. The summed E-state index contributed by atoms with van der Waals surface area (Å²) < 4.78 is 7.09. The van der Waals surface area contributed by atoms with Crippen LogP contribution in [0.2, 0.25) is 0 Å². The van der Waals surface area contributed by atoms with E-state index in [2.05, 4.69) is 150 Å². The van der Waals surface area contributed by atoms with Crippen molar-refractivity contribution in [2.75, 3.05) is 0 Å². The van der Waals surface area contributed by atoms with Gasteiger partial charge in [0.05, 0.1) is 11.0 Å². The molecule has 0 bridgehead atoms. The minimum atomic E-state index is 0.0417. The van der Waals surface area contributed by atoms with Crippen LogP contribution in [-0.2, 0) is 0 Å². The second-order valence-corrected chi connectivity index (χ2v) is 15.7. The first kappa shape index (κ1) is 29.7. The fourth-order valence-electron chi connectivity index (χ4n) is 8.94. The number of halogens is 2. The molecule has 2 aliphatic heterocycles. The van der Waals surface area contributed by atoms with Gasteiger partial charge in [0.2, 0.25) is 0 Å². The number of aromatic nitrogens is 5. The van der Waals surface area contributed by atoms with Crippen molar-refractivity contribution in [3.63, 3.8) is 0 Å². The first-order valence-electron chi connectivity index (χ1n) is 17.6. The molecular formula is C45H24BBr2N5. The fraction of sp³-hybridized carbons (Fsp3) is 0. The third kappa shape index (κ3) is 4.10. The van der Waals surface area contributed by atoms with Crippen molar-refractivity contribution in [2.45, 2.75) is 0 Å². The van der Waals surface area contributed by atoms with Crippen molar-refractivity contribution < 1.29 is 0 Å². The van der Waals surface area contributed by atoms with Crippen molar-refractivity contribution in [1.82, 2.24) is 24.1 Å². The zero-order valence-corrected chi connectivity index (χ0v) is 31.1. The number of hydrogen-bond acceptors (Lipinski definition) is 3. The molecule has 53 heavy (non-hydrogen) atoms. The van der Waals surface area contributed by atoms with Crippen molar-refractivity contribution in [3.8, 4) is 45.5 Å². The monoisotopic (exact) mass is 803 g/mol. The van der Waals surface area contributed by atoms with Crippen molar-refractivity contribution in [1.29, 1.82) is 0 Å². The van der Waals surface area contributed by atoms with Crippen LogP contribution in [0.25, 0.3) is 89.2 Å². The Kier molecular flexibility index (Phi) is 6.09. The maximum Gasteiger partial charge on any atom is 0.252 e. The fourth-order valence-corrected chi connectivity index (χ4v) is 9.66. The van der Waals surface area contributed by atoms with Crippen LogP contribution in [0.1, 0.15) is 0 Å². The van der Waals surface area contributed by atoms with E-state index in [4.69, 9.17) is 15.0 Å². The average molecular weight is 805 g/mol. The van der Waals surface area contributed by atoms with Crippen LogP contribution in [0, 0.1) is 0 Å².